The van der Waals surface area contributed by atoms with E-state index < -0.39 is 0 Å². The molecule has 17 heavy (non-hydrogen) atoms. The Labute approximate surface area is 123 Å². The van der Waals surface area contributed by atoms with Crippen molar-refractivity contribution in [2.45, 2.75) is 0 Å². The van der Waals surface area contributed by atoms with Gasteiger partial charge in [-0.15, -0.1) is 0 Å². The van der Waals surface area contributed by atoms with E-state index in [1.807, 2.05) is 36.4 Å². The van der Waals surface area contributed by atoms with Gasteiger partial charge in [-0.2, -0.15) is 18.2 Å². The second-order valence-corrected chi connectivity index (χ2v) is 2.30. The molecular weight excluding hydrogens is 244 g/mol. The summed E-state index contributed by atoms with van der Waals surface area (Å²) in [7, 11) is 0. The molecule has 0 amide bonds. The molecule has 0 aliphatic rings. The number of rotatable bonds is 0. The van der Waals surface area contributed by atoms with Gasteiger partial charge in [-0.05, 0) is 12.1 Å². The molecule has 2 heteroatoms. The van der Waals surface area contributed by atoms with E-state index >= 15 is 0 Å². The number of aromatic hydroxyl groups is 1. The quantitative estimate of drug-likeness (QED) is 0.546. The van der Waals surface area contributed by atoms with Crippen LogP contribution in [0.5, 0.6) is 5.75 Å². The summed E-state index contributed by atoms with van der Waals surface area (Å²) in [4.78, 5) is 0. The van der Waals surface area contributed by atoms with Gasteiger partial charge in [0, 0.05) is 21.7 Å². The Hall–Kier alpha value is -0.916. The molecule has 0 aliphatic heterocycles. The average molecular weight is 267 g/mol. The number of benzene rings is 1. The molecule has 0 saturated carbocycles. The van der Waals surface area contributed by atoms with Crippen molar-refractivity contribution in [3.8, 4) is 5.75 Å². The number of hydrogen-bond donors (Lipinski definition) is 1. The topological polar surface area (TPSA) is 20.2 Å². The maximum absolute atomic E-state index is 8.63. The molecule has 1 nitrogen and oxygen atoms in total. The van der Waals surface area contributed by atoms with Crippen molar-refractivity contribution < 1.29 is 26.8 Å². The smallest absolute Gasteiger partial charge is 0.115 e. The van der Waals surface area contributed by atoms with E-state index in [4.69, 9.17) is 5.11 Å². The standard InChI is InChI=1S/C6H6O.C5H5.4CH3.Ti/c7-6-4-2-1-3-5-6;1-2-4-5-3-1;;;;;/h1-5,7H;1-5H;4*1H3;/q;5*-1;. The van der Waals surface area contributed by atoms with Crippen molar-refractivity contribution in [1.82, 2.24) is 0 Å². The van der Waals surface area contributed by atoms with Crippen molar-refractivity contribution in [1.29, 1.82) is 0 Å². The summed E-state index contributed by atoms with van der Waals surface area (Å²) in [5, 5.41) is 8.63. The van der Waals surface area contributed by atoms with Gasteiger partial charge in [0.05, 0.1) is 0 Å². The Kier molecular flexibility index (Phi) is 35.9. The van der Waals surface area contributed by atoms with Crippen LogP contribution in [0, 0.1) is 29.7 Å². The molecule has 0 spiro atoms. The molecule has 2 rings (SSSR count). The number of hydrogen-bond acceptors (Lipinski definition) is 1. The third kappa shape index (κ3) is 17.7. The number of phenols is 1. The predicted molar refractivity (Wildman–Crippen MR) is 75.8 cm³/mol. The van der Waals surface area contributed by atoms with Crippen LogP contribution in [0.1, 0.15) is 0 Å². The average Bonchev–Trinajstić information content (AvgIpc) is 2.62. The van der Waals surface area contributed by atoms with Crippen molar-refractivity contribution in [3.63, 3.8) is 0 Å². The van der Waals surface area contributed by atoms with Crippen LogP contribution < -0.4 is 0 Å². The van der Waals surface area contributed by atoms with Gasteiger partial charge in [-0.3, -0.25) is 0 Å². The first kappa shape index (κ1) is 29.8. The Morgan fingerprint density at radius 1 is 0.706 bits per heavy atom. The van der Waals surface area contributed by atoms with Crippen molar-refractivity contribution in [2.75, 3.05) is 0 Å². The SMILES string of the molecule is Oc1ccccc1.[CH3-].[CH3-].[CH3-].[CH3-].[Ti].c1cc[cH-]c1. The van der Waals surface area contributed by atoms with Crippen LogP contribution in [0.4, 0.5) is 0 Å². The molecular formula is C15H23OTi-5. The van der Waals surface area contributed by atoms with Gasteiger partial charge in [0.2, 0.25) is 0 Å². The summed E-state index contributed by atoms with van der Waals surface area (Å²) >= 11 is 0. The summed E-state index contributed by atoms with van der Waals surface area (Å²) in [5.41, 5.74) is 0. The zero-order chi connectivity index (χ0) is 8.65. The van der Waals surface area contributed by atoms with Crippen LogP contribution >= 0.6 is 0 Å². The van der Waals surface area contributed by atoms with Gasteiger partial charge >= 0.3 is 0 Å². The Morgan fingerprint density at radius 2 is 1.12 bits per heavy atom. The van der Waals surface area contributed by atoms with E-state index in [2.05, 4.69) is 0 Å². The van der Waals surface area contributed by atoms with E-state index in [1.54, 1.807) is 24.3 Å². The Morgan fingerprint density at radius 3 is 1.29 bits per heavy atom. The maximum atomic E-state index is 8.63. The minimum absolute atomic E-state index is 0. The van der Waals surface area contributed by atoms with Gasteiger partial charge < -0.3 is 34.8 Å². The van der Waals surface area contributed by atoms with Gasteiger partial charge in [0.1, 0.15) is 5.75 Å². The van der Waals surface area contributed by atoms with E-state index in [1.165, 1.54) is 0 Å². The van der Waals surface area contributed by atoms with Crippen molar-refractivity contribution in [2.24, 2.45) is 0 Å². The zero-order valence-electron chi connectivity index (χ0n) is 11.2. The fraction of sp³-hybridized carbons (Fsp3) is 0. The fourth-order valence-corrected chi connectivity index (χ4v) is 0.749. The second-order valence-electron chi connectivity index (χ2n) is 2.30. The largest absolute Gasteiger partial charge is 0.508 e. The first-order valence-corrected chi connectivity index (χ1v) is 3.80. The summed E-state index contributed by atoms with van der Waals surface area (Å²) < 4.78 is 0. The van der Waals surface area contributed by atoms with Crippen molar-refractivity contribution in [3.05, 3.63) is 90.4 Å². The molecule has 0 bridgehead atoms. The molecule has 2 aromatic carbocycles. The van der Waals surface area contributed by atoms with E-state index in [0.29, 0.717) is 5.75 Å². The van der Waals surface area contributed by atoms with Gasteiger partial charge in [0.15, 0.2) is 0 Å². The summed E-state index contributed by atoms with van der Waals surface area (Å²) in [6.45, 7) is 0. The molecule has 0 aromatic heterocycles. The Balaban J connectivity index is -0.0000000447. The molecule has 1 N–H and O–H groups in total. The molecule has 0 fully saturated rings. The Bertz CT molecular complexity index is 260. The summed E-state index contributed by atoms with van der Waals surface area (Å²) in [6.07, 6.45) is 0. The first-order chi connectivity index (χ1) is 5.89. The van der Waals surface area contributed by atoms with E-state index in [9.17, 15) is 0 Å². The first-order valence-electron chi connectivity index (χ1n) is 3.80. The molecule has 0 unspecified atom stereocenters. The normalized spacial score (nSPS) is 5.88. The van der Waals surface area contributed by atoms with Crippen LogP contribution in [0.2, 0.25) is 0 Å². The van der Waals surface area contributed by atoms with E-state index in [-0.39, 0.29) is 51.4 Å². The fourth-order valence-electron chi connectivity index (χ4n) is 0.749. The summed E-state index contributed by atoms with van der Waals surface area (Å²) in [5.74, 6) is 0.322. The number of phenolic OH excluding ortho intramolecular Hbond substituents is 1. The van der Waals surface area contributed by atoms with Gasteiger partial charge in [-0.25, -0.2) is 12.1 Å². The van der Waals surface area contributed by atoms with Gasteiger partial charge in [0.25, 0.3) is 0 Å². The van der Waals surface area contributed by atoms with Crippen LogP contribution in [0.3, 0.4) is 0 Å². The molecule has 0 radical (unpaired) electrons. The minimum Gasteiger partial charge on any atom is -0.508 e. The van der Waals surface area contributed by atoms with E-state index in [0.717, 1.165) is 0 Å². The molecule has 0 atom stereocenters. The van der Waals surface area contributed by atoms with Crippen LogP contribution in [-0.2, 0) is 21.7 Å². The second kappa shape index (κ2) is 20.5. The predicted octanol–water partition coefficient (Wildman–Crippen LogP) is 4.60. The molecule has 0 aliphatic carbocycles. The monoisotopic (exact) mass is 267 g/mol. The summed E-state index contributed by atoms with van der Waals surface area (Å²) in [6, 6.07) is 18.7. The molecule has 98 valence electrons. The minimum atomic E-state index is 0. The van der Waals surface area contributed by atoms with Crippen LogP contribution in [-0.4, -0.2) is 5.11 Å². The molecule has 2 aromatic rings. The van der Waals surface area contributed by atoms with Crippen molar-refractivity contribution >= 4 is 0 Å². The third-order valence-electron chi connectivity index (χ3n) is 1.31. The molecule has 0 heterocycles. The zero-order valence-corrected chi connectivity index (χ0v) is 12.8. The van der Waals surface area contributed by atoms with Gasteiger partial charge in [-0.1, -0.05) is 18.2 Å². The third-order valence-corrected chi connectivity index (χ3v) is 1.31. The van der Waals surface area contributed by atoms with Crippen LogP contribution in [0.25, 0.3) is 0 Å². The maximum Gasteiger partial charge on any atom is 0.115 e. The molecule has 0 saturated heterocycles. The van der Waals surface area contributed by atoms with Crippen LogP contribution in [0.15, 0.2) is 60.7 Å². The number of para-hydroxylation sites is 1.